The number of hydrogen-bond donors (Lipinski definition) is 1. The van der Waals surface area contributed by atoms with Crippen molar-refractivity contribution in [2.45, 2.75) is 19.4 Å². The summed E-state index contributed by atoms with van der Waals surface area (Å²) in [5, 5.41) is 11.2. The van der Waals surface area contributed by atoms with Gasteiger partial charge in [-0.3, -0.25) is 0 Å². The molecule has 2 rings (SSSR count). The summed E-state index contributed by atoms with van der Waals surface area (Å²) in [6, 6.07) is 9.62. The molecule has 0 radical (unpaired) electrons. The fourth-order valence-electron chi connectivity index (χ4n) is 1.97. The van der Waals surface area contributed by atoms with Crippen LogP contribution in [0.2, 0.25) is 10.0 Å². The number of aliphatic hydroxyl groups is 1. The lowest BCUT2D eigenvalue weighted by Crippen LogP contribution is -2.03. The largest absolute Gasteiger partial charge is 0.388 e. The second-order valence-corrected chi connectivity index (χ2v) is 5.36. The van der Waals surface area contributed by atoms with E-state index in [1.807, 2.05) is 0 Å². The van der Waals surface area contributed by atoms with Crippen molar-refractivity contribution < 1.29 is 9.50 Å². The topological polar surface area (TPSA) is 20.2 Å². The zero-order valence-electron chi connectivity index (χ0n) is 10.3. The summed E-state index contributed by atoms with van der Waals surface area (Å²) in [5.41, 5.74) is 2.10. The van der Waals surface area contributed by atoms with Gasteiger partial charge in [-0.2, -0.15) is 0 Å². The summed E-state index contributed by atoms with van der Waals surface area (Å²) in [4.78, 5) is 0. The number of halogens is 3. The van der Waals surface area contributed by atoms with Gasteiger partial charge in [-0.25, -0.2) is 4.39 Å². The molecule has 4 heteroatoms. The molecule has 0 saturated carbocycles. The molecule has 1 atom stereocenters. The summed E-state index contributed by atoms with van der Waals surface area (Å²) < 4.78 is 13.3. The highest BCUT2D eigenvalue weighted by molar-refractivity contribution is 6.35. The van der Waals surface area contributed by atoms with Crippen LogP contribution in [0.15, 0.2) is 36.4 Å². The molecule has 0 aliphatic rings. The van der Waals surface area contributed by atoms with Crippen LogP contribution in [-0.4, -0.2) is 5.11 Å². The first-order chi connectivity index (χ1) is 8.95. The van der Waals surface area contributed by atoms with Crippen molar-refractivity contribution in [3.05, 3.63) is 69.0 Å². The van der Waals surface area contributed by atoms with Crippen LogP contribution in [-0.2, 0) is 6.42 Å². The van der Waals surface area contributed by atoms with Gasteiger partial charge in [-0.1, -0.05) is 35.3 Å². The number of aliphatic hydroxyl groups excluding tert-OH is 1. The van der Waals surface area contributed by atoms with E-state index < -0.39 is 6.10 Å². The molecule has 1 nitrogen and oxygen atoms in total. The van der Waals surface area contributed by atoms with Gasteiger partial charge in [0.15, 0.2) is 0 Å². The van der Waals surface area contributed by atoms with Crippen LogP contribution in [0.4, 0.5) is 4.39 Å². The van der Waals surface area contributed by atoms with Crippen molar-refractivity contribution in [3.63, 3.8) is 0 Å². The monoisotopic (exact) mass is 298 g/mol. The van der Waals surface area contributed by atoms with Crippen LogP contribution in [0, 0.1) is 12.7 Å². The summed E-state index contributed by atoms with van der Waals surface area (Å²) in [6.07, 6.45) is -0.480. The summed E-state index contributed by atoms with van der Waals surface area (Å²) >= 11 is 11.9. The van der Waals surface area contributed by atoms with Gasteiger partial charge in [0.1, 0.15) is 5.82 Å². The Labute approximate surface area is 121 Å². The molecule has 0 spiro atoms. The van der Waals surface area contributed by atoms with Gasteiger partial charge in [0.05, 0.1) is 6.10 Å². The maximum Gasteiger partial charge on any atom is 0.123 e. The number of rotatable bonds is 3. The van der Waals surface area contributed by atoms with Gasteiger partial charge >= 0.3 is 0 Å². The predicted molar refractivity (Wildman–Crippen MR) is 76.3 cm³/mol. The first-order valence-electron chi connectivity index (χ1n) is 5.85. The minimum absolute atomic E-state index is 0.318. The SMILES string of the molecule is Cc1cc(F)cc(C(O)Cc2ccc(Cl)cc2Cl)c1. The highest BCUT2D eigenvalue weighted by Crippen LogP contribution is 2.26. The lowest BCUT2D eigenvalue weighted by molar-refractivity contribution is 0.178. The predicted octanol–water partition coefficient (Wildman–Crippen LogP) is 4.72. The molecular weight excluding hydrogens is 286 g/mol. The smallest absolute Gasteiger partial charge is 0.123 e. The fourth-order valence-corrected chi connectivity index (χ4v) is 2.46. The molecule has 100 valence electrons. The van der Waals surface area contributed by atoms with Crippen molar-refractivity contribution in [3.8, 4) is 0 Å². The lowest BCUT2D eigenvalue weighted by atomic mass is 10.00. The first kappa shape index (κ1) is 14.3. The average Bonchev–Trinajstić information content (AvgIpc) is 2.31. The molecule has 1 N–H and O–H groups in total. The van der Waals surface area contributed by atoms with Crippen LogP contribution >= 0.6 is 23.2 Å². The quantitative estimate of drug-likeness (QED) is 0.869. The highest BCUT2D eigenvalue weighted by Gasteiger charge is 2.12. The minimum Gasteiger partial charge on any atom is -0.388 e. The third-order valence-corrected chi connectivity index (χ3v) is 3.46. The molecule has 0 saturated heterocycles. The van der Waals surface area contributed by atoms with Crippen LogP contribution in [0.25, 0.3) is 0 Å². The lowest BCUT2D eigenvalue weighted by Gasteiger charge is -2.13. The Morgan fingerprint density at radius 1 is 1.16 bits per heavy atom. The molecule has 2 aromatic rings. The van der Waals surface area contributed by atoms with Gasteiger partial charge in [-0.05, 0) is 47.9 Å². The molecule has 0 aliphatic heterocycles. The molecule has 19 heavy (non-hydrogen) atoms. The van der Waals surface area contributed by atoms with E-state index in [4.69, 9.17) is 23.2 Å². The van der Waals surface area contributed by atoms with E-state index in [9.17, 15) is 9.50 Å². The number of benzene rings is 2. The Morgan fingerprint density at radius 2 is 1.89 bits per heavy atom. The van der Waals surface area contributed by atoms with Crippen LogP contribution in [0.5, 0.6) is 0 Å². The normalized spacial score (nSPS) is 12.5. The minimum atomic E-state index is -0.798. The molecule has 0 heterocycles. The highest BCUT2D eigenvalue weighted by atomic mass is 35.5. The van der Waals surface area contributed by atoms with Gasteiger partial charge in [0.2, 0.25) is 0 Å². The van der Waals surface area contributed by atoms with Gasteiger partial charge in [0, 0.05) is 16.5 Å². The maximum absolute atomic E-state index is 13.3. The van der Waals surface area contributed by atoms with E-state index in [1.165, 1.54) is 12.1 Å². The summed E-state index contributed by atoms with van der Waals surface area (Å²) in [6.45, 7) is 1.79. The van der Waals surface area contributed by atoms with Crippen molar-refractivity contribution in [2.24, 2.45) is 0 Å². The van der Waals surface area contributed by atoms with E-state index in [2.05, 4.69) is 0 Å². The molecule has 2 aromatic carbocycles. The zero-order chi connectivity index (χ0) is 14.0. The van der Waals surface area contributed by atoms with E-state index in [1.54, 1.807) is 31.2 Å². The zero-order valence-corrected chi connectivity index (χ0v) is 11.8. The van der Waals surface area contributed by atoms with Gasteiger partial charge in [0.25, 0.3) is 0 Å². The van der Waals surface area contributed by atoms with E-state index >= 15 is 0 Å². The third kappa shape index (κ3) is 3.69. The molecule has 1 unspecified atom stereocenters. The van der Waals surface area contributed by atoms with Crippen LogP contribution in [0.1, 0.15) is 22.8 Å². The van der Waals surface area contributed by atoms with Gasteiger partial charge < -0.3 is 5.11 Å². The Morgan fingerprint density at radius 3 is 2.53 bits per heavy atom. The Balaban J connectivity index is 2.22. The molecule has 0 aliphatic carbocycles. The Bertz CT molecular complexity index is 578. The van der Waals surface area contributed by atoms with E-state index in [-0.39, 0.29) is 5.82 Å². The molecule has 0 aromatic heterocycles. The second kappa shape index (κ2) is 5.91. The fraction of sp³-hybridized carbons (Fsp3) is 0.200. The Hall–Kier alpha value is -1.09. The van der Waals surface area contributed by atoms with Crippen molar-refractivity contribution >= 4 is 23.2 Å². The average molecular weight is 299 g/mol. The molecule has 0 bridgehead atoms. The summed E-state index contributed by atoms with van der Waals surface area (Å²) in [7, 11) is 0. The first-order valence-corrected chi connectivity index (χ1v) is 6.60. The Kier molecular flexibility index (Phi) is 4.46. The standard InChI is InChI=1S/C15H13Cl2FO/c1-9-4-11(6-13(18)5-9)15(19)7-10-2-3-12(16)8-14(10)17/h2-6,8,15,19H,7H2,1H3. The summed E-state index contributed by atoms with van der Waals surface area (Å²) in [5.74, 6) is -0.351. The molecule has 0 fully saturated rings. The second-order valence-electron chi connectivity index (χ2n) is 4.52. The van der Waals surface area contributed by atoms with E-state index in [0.717, 1.165) is 11.1 Å². The van der Waals surface area contributed by atoms with Crippen molar-refractivity contribution in [1.29, 1.82) is 0 Å². The number of aryl methyl sites for hydroxylation is 1. The molecular formula is C15H13Cl2FO. The van der Waals surface area contributed by atoms with E-state index in [0.29, 0.717) is 22.0 Å². The van der Waals surface area contributed by atoms with Crippen molar-refractivity contribution in [2.75, 3.05) is 0 Å². The molecule has 0 amide bonds. The third-order valence-electron chi connectivity index (χ3n) is 2.88. The van der Waals surface area contributed by atoms with Gasteiger partial charge in [-0.15, -0.1) is 0 Å². The maximum atomic E-state index is 13.3. The number of hydrogen-bond acceptors (Lipinski definition) is 1. The van der Waals surface area contributed by atoms with Crippen LogP contribution in [0.3, 0.4) is 0 Å². The van der Waals surface area contributed by atoms with Crippen molar-refractivity contribution in [1.82, 2.24) is 0 Å². The van der Waals surface area contributed by atoms with Crippen LogP contribution < -0.4 is 0 Å².